The van der Waals surface area contributed by atoms with Crippen LogP contribution in [0.5, 0.6) is 0 Å². The molecule has 2 aromatic rings. The first-order valence-corrected chi connectivity index (χ1v) is 11.2. The number of rotatable bonds is 3. The van der Waals surface area contributed by atoms with Gasteiger partial charge in [0, 0.05) is 48.5 Å². The summed E-state index contributed by atoms with van der Waals surface area (Å²) < 4.78 is 1.15. The summed E-state index contributed by atoms with van der Waals surface area (Å²) in [6, 6.07) is 5.62. The van der Waals surface area contributed by atoms with E-state index < -0.39 is 0 Å². The highest BCUT2D eigenvalue weighted by molar-refractivity contribution is 9.10. The second-order valence-electron chi connectivity index (χ2n) is 8.07. The number of thiocarbonyl (C=S) groups is 1. The lowest BCUT2D eigenvalue weighted by molar-refractivity contribution is 0.133. The Bertz CT molecular complexity index is 873. The van der Waals surface area contributed by atoms with Crippen molar-refractivity contribution in [1.29, 1.82) is 0 Å². The normalized spacial score (nSPS) is 24.7. The van der Waals surface area contributed by atoms with Crippen LogP contribution in [-0.2, 0) is 6.42 Å². The van der Waals surface area contributed by atoms with Gasteiger partial charge in [-0.05, 0) is 91.6 Å². The SMILES string of the molecule is CCN(CC)C(=S)N[C@H]1CC2c3cc(C)cc4[nH]c(Br)c(c34)C[C@H]2N(C)C1. The maximum Gasteiger partial charge on any atom is 0.169 e. The van der Waals surface area contributed by atoms with Crippen LogP contribution in [0.4, 0.5) is 0 Å². The van der Waals surface area contributed by atoms with E-state index in [1.165, 1.54) is 27.6 Å². The number of nitrogens with one attached hydrogen (secondary N) is 2. The summed E-state index contributed by atoms with van der Waals surface area (Å²) in [6.07, 6.45) is 2.24. The molecule has 146 valence electrons. The minimum Gasteiger partial charge on any atom is -0.359 e. The van der Waals surface area contributed by atoms with Crippen molar-refractivity contribution in [1.82, 2.24) is 20.1 Å². The van der Waals surface area contributed by atoms with Crippen molar-refractivity contribution in [2.75, 3.05) is 26.7 Å². The summed E-state index contributed by atoms with van der Waals surface area (Å²) >= 11 is 9.44. The number of aromatic amines is 1. The molecule has 1 aliphatic heterocycles. The maximum absolute atomic E-state index is 5.68. The number of aryl methyl sites for hydroxylation is 1. The number of nitrogens with zero attached hydrogens (tertiary/aromatic N) is 2. The van der Waals surface area contributed by atoms with Gasteiger partial charge < -0.3 is 20.1 Å². The zero-order valence-electron chi connectivity index (χ0n) is 16.6. The molecule has 4 nitrogen and oxygen atoms in total. The highest BCUT2D eigenvalue weighted by Crippen LogP contribution is 2.45. The third-order valence-corrected chi connectivity index (χ3v) is 7.45. The summed E-state index contributed by atoms with van der Waals surface area (Å²) in [5.74, 6) is 0.540. The highest BCUT2D eigenvalue weighted by atomic mass is 79.9. The molecular weight excluding hydrogens is 420 g/mol. The number of hydrogen-bond donors (Lipinski definition) is 2. The molecule has 6 heteroatoms. The van der Waals surface area contributed by atoms with E-state index >= 15 is 0 Å². The predicted octanol–water partition coefficient (Wildman–Crippen LogP) is 4.17. The number of piperidine rings is 1. The van der Waals surface area contributed by atoms with Crippen molar-refractivity contribution >= 4 is 44.2 Å². The van der Waals surface area contributed by atoms with Gasteiger partial charge in [-0.25, -0.2) is 0 Å². The van der Waals surface area contributed by atoms with Crippen molar-refractivity contribution in [3.63, 3.8) is 0 Å². The first-order chi connectivity index (χ1) is 12.9. The van der Waals surface area contributed by atoms with Gasteiger partial charge >= 0.3 is 0 Å². The van der Waals surface area contributed by atoms with E-state index in [4.69, 9.17) is 12.2 Å². The number of benzene rings is 1. The molecule has 2 N–H and O–H groups in total. The van der Waals surface area contributed by atoms with Gasteiger partial charge in [0.1, 0.15) is 0 Å². The number of likely N-dealkylation sites (tertiary alicyclic amines) is 1. The molecule has 2 aliphatic rings. The summed E-state index contributed by atoms with van der Waals surface area (Å²) in [7, 11) is 2.27. The van der Waals surface area contributed by atoms with E-state index in [2.05, 4.69) is 76.0 Å². The van der Waals surface area contributed by atoms with Crippen LogP contribution in [0.15, 0.2) is 16.7 Å². The molecule has 1 unspecified atom stereocenters. The molecule has 0 amide bonds. The van der Waals surface area contributed by atoms with Gasteiger partial charge in [0.05, 0.1) is 4.60 Å². The highest BCUT2D eigenvalue weighted by Gasteiger charge is 2.40. The lowest BCUT2D eigenvalue weighted by Crippen LogP contribution is -2.56. The number of hydrogen-bond acceptors (Lipinski definition) is 2. The first kappa shape index (κ1) is 19.2. The first-order valence-electron chi connectivity index (χ1n) is 9.99. The molecule has 1 aromatic carbocycles. The van der Waals surface area contributed by atoms with E-state index in [1.54, 1.807) is 0 Å². The zero-order chi connectivity index (χ0) is 19.3. The molecule has 1 aromatic heterocycles. The summed E-state index contributed by atoms with van der Waals surface area (Å²) in [5, 5.41) is 5.99. The Kier molecular flexibility index (Phi) is 5.25. The third kappa shape index (κ3) is 3.30. The molecule has 0 radical (unpaired) electrons. The summed E-state index contributed by atoms with van der Waals surface area (Å²) in [6.45, 7) is 9.47. The van der Waals surface area contributed by atoms with Crippen LogP contribution >= 0.6 is 28.1 Å². The fraction of sp³-hybridized carbons (Fsp3) is 0.571. The van der Waals surface area contributed by atoms with E-state index in [0.717, 1.165) is 42.2 Å². The zero-order valence-corrected chi connectivity index (χ0v) is 19.0. The minimum absolute atomic E-state index is 0.392. The summed E-state index contributed by atoms with van der Waals surface area (Å²) in [5.41, 5.74) is 5.54. The van der Waals surface area contributed by atoms with Crippen molar-refractivity contribution in [3.8, 4) is 0 Å². The molecule has 0 saturated carbocycles. The van der Waals surface area contributed by atoms with Crippen LogP contribution in [0, 0.1) is 6.92 Å². The maximum atomic E-state index is 5.68. The predicted molar refractivity (Wildman–Crippen MR) is 121 cm³/mol. The molecule has 0 spiro atoms. The minimum atomic E-state index is 0.392. The molecule has 1 aliphatic carbocycles. The second-order valence-corrected chi connectivity index (χ2v) is 9.25. The Hall–Kier alpha value is -1.11. The lowest BCUT2D eigenvalue weighted by Gasteiger charge is -2.46. The van der Waals surface area contributed by atoms with Crippen molar-refractivity contribution in [3.05, 3.63) is 33.4 Å². The fourth-order valence-corrected chi connectivity index (χ4v) is 6.09. The Morgan fingerprint density at radius 3 is 2.81 bits per heavy atom. The number of likely N-dealkylation sites (N-methyl/N-ethyl adjacent to an activating group) is 1. The van der Waals surface area contributed by atoms with Gasteiger partial charge in [-0.2, -0.15) is 0 Å². The third-order valence-electron chi connectivity index (χ3n) is 6.39. The smallest absolute Gasteiger partial charge is 0.169 e. The van der Waals surface area contributed by atoms with Gasteiger partial charge in [-0.15, -0.1) is 0 Å². The average molecular weight is 449 g/mol. The van der Waals surface area contributed by atoms with Crippen molar-refractivity contribution in [2.45, 2.75) is 51.6 Å². The van der Waals surface area contributed by atoms with Crippen LogP contribution in [-0.4, -0.2) is 58.7 Å². The standard InChI is InChI=1S/C21H29BrN4S/c1-5-26(6-2)21(27)23-13-9-14-15-7-12(3)8-17-19(15)16(20(22)24-17)10-18(14)25(4)11-13/h7-8,13-14,18,24H,5-6,9-11H2,1-4H3,(H,23,27)/t13-,14?,18+/m0/s1. The van der Waals surface area contributed by atoms with Crippen LogP contribution in [0.1, 0.15) is 42.9 Å². The molecule has 1 fully saturated rings. The summed E-state index contributed by atoms with van der Waals surface area (Å²) in [4.78, 5) is 8.32. The molecule has 0 bridgehead atoms. The molecule has 27 heavy (non-hydrogen) atoms. The van der Waals surface area contributed by atoms with Gasteiger partial charge in [-0.1, -0.05) is 6.07 Å². The second kappa shape index (κ2) is 7.37. The van der Waals surface area contributed by atoms with Gasteiger partial charge in [0.2, 0.25) is 0 Å². The monoisotopic (exact) mass is 448 g/mol. The van der Waals surface area contributed by atoms with E-state index in [1.807, 2.05) is 0 Å². The van der Waals surface area contributed by atoms with Gasteiger partial charge in [-0.3, -0.25) is 0 Å². The van der Waals surface area contributed by atoms with Crippen LogP contribution in [0.25, 0.3) is 10.9 Å². The van der Waals surface area contributed by atoms with Crippen LogP contribution < -0.4 is 5.32 Å². The van der Waals surface area contributed by atoms with Crippen molar-refractivity contribution < 1.29 is 0 Å². The van der Waals surface area contributed by atoms with Gasteiger partial charge in [0.15, 0.2) is 5.11 Å². The topological polar surface area (TPSA) is 34.3 Å². The van der Waals surface area contributed by atoms with E-state index in [-0.39, 0.29) is 0 Å². The molecule has 3 atom stereocenters. The Labute approximate surface area is 175 Å². The number of H-pyrrole nitrogens is 1. The number of aromatic nitrogens is 1. The molecule has 4 rings (SSSR count). The lowest BCUT2D eigenvalue weighted by atomic mass is 9.73. The average Bonchev–Trinajstić information content (AvgIpc) is 2.93. The molecule has 1 saturated heterocycles. The van der Waals surface area contributed by atoms with Gasteiger partial charge in [0.25, 0.3) is 0 Å². The number of halogens is 1. The Morgan fingerprint density at radius 1 is 1.37 bits per heavy atom. The Balaban J connectivity index is 1.66. The van der Waals surface area contributed by atoms with E-state index in [9.17, 15) is 0 Å². The Morgan fingerprint density at radius 2 is 2.11 bits per heavy atom. The fourth-order valence-electron chi connectivity index (χ4n) is 5.09. The van der Waals surface area contributed by atoms with E-state index in [0.29, 0.717) is 18.0 Å². The van der Waals surface area contributed by atoms with Crippen LogP contribution in [0.3, 0.4) is 0 Å². The number of fused-ring (bicyclic) bond motifs is 2. The van der Waals surface area contributed by atoms with Crippen LogP contribution in [0.2, 0.25) is 0 Å². The molecular formula is C21H29BrN4S. The molecule has 2 heterocycles. The largest absolute Gasteiger partial charge is 0.359 e. The van der Waals surface area contributed by atoms with Crippen molar-refractivity contribution in [2.24, 2.45) is 0 Å². The quantitative estimate of drug-likeness (QED) is 0.690.